The van der Waals surface area contributed by atoms with E-state index in [1.165, 1.54) is 0 Å². The zero-order chi connectivity index (χ0) is 17.3. The molecule has 0 radical (unpaired) electrons. The Labute approximate surface area is 144 Å². The van der Waals surface area contributed by atoms with Crippen LogP contribution in [0.15, 0.2) is 48.7 Å². The first-order valence-corrected chi connectivity index (χ1v) is 7.92. The fourth-order valence-corrected chi connectivity index (χ4v) is 2.94. The molecule has 5 heteroatoms. The zero-order valence-electron chi connectivity index (χ0n) is 13.0. The summed E-state index contributed by atoms with van der Waals surface area (Å²) in [6, 6.07) is 12.3. The highest BCUT2D eigenvalue weighted by molar-refractivity contribution is 6.30. The number of benzene rings is 2. The number of Topliss-reactive ketones (excluding diaryl/α,β-unsaturated/α-hetero) is 1. The van der Waals surface area contributed by atoms with Gasteiger partial charge in [-0.2, -0.15) is 0 Å². The third kappa shape index (κ3) is 3.19. The van der Waals surface area contributed by atoms with E-state index >= 15 is 0 Å². The van der Waals surface area contributed by atoms with Crippen LogP contribution in [0.25, 0.3) is 10.9 Å². The van der Waals surface area contributed by atoms with Crippen LogP contribution in [-0.4, -0.2) is 21.8 Å². The number of fused-ring (bicyclic) bond motifs is 1. The van der Waals surface area contributed by atoms with E-state index in [1.807, 2.05) is 25.1 Å². The van der Waals surface area contributed by atoms with Gasteiger partial charge in [-0.25, -0.2) is 0 Å². The summed E-state index contributed by atoms with van der Waals surface area (Å²) in [4.78, 5) is 27.3. The molecule has 0 aliphatic rings. The number of carboxylic acids is 1. The van der Waals surface area contributed by atoms with Crippen LogP contribution in [-0.2, 0) is 4.79 Å². The summed E-state index contributed by atoms with van der Waals surface area (Å²) in [6.45, 7) is 1.95. The maximum Gasteiger partial charge on any atom is 0.311 e. The Kier molecular flexibility index (Phi) is 4.40. The van der Waals surface area contributed by atoms with E-state index in [2.05, 4.69) is 4.98 Å². The molecule has 0 fully saturated rings. The molecule has 0 saturated carbocycles. The SMILES string of the molecule is Cc1ccc2[nH]cc(C(CC(=O)c3ccc(Cl)cc3)C(=O)O)c2c1. The Hall–Kier alpha value is -2.59. The highest BCUT2D eigenvalue weighted by atomic mass is 35.5. The highest BCUT2D eigenvalue weighted by Gasteiger charge is 2.26. The van der Waals surface area contributed by atoms with Crippen molar-refractivity contribution in [2.75, 3.05) is 0 Å². The summed E-state index contributed by atoms with van der Waals surface area (Å²) >= 11 is 5.82. The predicted octanol–water partition coefficient (Wildman–Crippen LogP) is 4.57. The van der Waals surface area contributed by atoms with Crippen LogP contribution in [0.5, 0.6) is 0 Å². The van der Waals surface area contributed by atoms with E-state index in [4.69, 9.17) is 11.6 Å². The van der Waals surface area contributed by atoms with Crippen molar-refractivity contribution >= 4 is 34.3 Å². The van der Waals surface area contributed by atoms with Crippen molar-refractivity contribution in [3.8, 4) is 0 Å². The van der Waals surface area contributed by atoms with Crippen LogP contribution in [0, 0.1) is 6.92 Å². The molecule has 3 aromatic rings. The average Bonchev–Trinajstić information content (AvgIpc) is 2.95. The predicted molar refractivity (Wildman–Crippen MR) is 93.8 cm³/mol. The van der Waals surface area contributed by atoms with Gasteiger partial charge in [-0.1, -0.05) is 23.2 Å². The van der Waals surface area contributed by atoms with Gasteiger partial charge in [-0.3, -0.25) is 9.59 Å². The second-order valence-electron chi connectivity index (χ2n) is 5.82. The minimum atomic E-state index is -1.01. The zero-order valence-corrected chi connectivity index (χ0v) is 13.8. The molecule has 1 atom stereocenters. The summed E-state index contributed by atoms with van der Waals surface area (Å²) in [5.74, 6) is -2.13. The van der Waals surface area contributed by atoms with Crippen molar-refractivity contribution in [1.82, 2.24) is 4.98 Å². The van der Waals surface area contributed by atoms with Crippen molar-refractivity contribution in [1.29, 1.82) is 0 Å². The summed E-state index contributed by atoms with van der Waals surface area (Å²) in [7, 11) is 0. The topological polar surface area (TPSA) is 70.2 Å². The molecule has 0 spiro atoms. The Morgan fingerprint density at radius 3 is 2.54 bits per heavy atom. The first-order chi connectivity index (χ1) is 11.5. The van der Waals surface area contributed by atoms with E-state index in [1.54, 1.807) is 30.5 Å². The van der Waals surface area contributed by atoms with Gasteiger partial charge in [-0.05, 0) is 48.9 Å². The number of nitrogens with one attached hydrogen (secondary N) is 1. The molecule has 1 heterocycles. The quantitative estimate of drug-likeness (QED) is 0.668. The molecule has 0 amide bonds. The van der Waals surface area contributed by atoms with Crippen molar-refractivity contribution in [3.05, 3.63) is 70.4 Å². The molecule has 0 bridgehead atoms. The second kappa shape index (κ2) is 6.49. The maximum absolute atomic E-state index is 12.5. The number of rotatable bonds is 5. The summed E-state index contributed by atoms with van der Waals surface area (Å²) in [5, 5.41) is 11.0. The molecule has 4 nitrogen and oxygen atoms in total. The largest absolute Gasteiger partial charge is 0.481 e. The van der Waals surface area contributed by atoms with Gasteiger partial charge in [0.2, 0.25) is 0 Å². The molecular weight excluding hydrogens is 326 g/mol. The van der Waals surface area contributed by atoms with Gasteiger partial charge in [0.25, 0.3) is 0 Å². The van der Waals surface area contributed by atoms with Crippen LogP contribution in [0.1, 0.15) is 33.8 Å². The number of H-pyrrole nitrogens is 1. The van der Waals surface area contributed by atoms with E-state index in [0.29, 0.717) is 16.1 Å². The molecule has 1 aromatic heterocycles. The number of hydrogen-bond donors (Lipinski definition) is 2. The van der Waals surface area contributed by atoms with Crippen molar-refractivity contribution < 1.29 is 14.7 Å². The Morgan fingerprint density at radius 1 is 1.17 bits per heavy atom. The van der Waals surface area contributed by atoms with Crippen LogP contribution >= 0.6 is 11.6 Å². The number of carboxylic acid groups (broad SMARTS) is 1. The van der Waals surface area contributed by atoms with Crippen molar-refractivity contribution in [2.45, 2.75) is 19.3 Å². The molecule has 0 saturated heterocycles. The van der Waals surface area contributed by atoms with E-state index < -0.39 is 11.9 Å². The van der Waals surface area contributed by atoms with Crippen LogP contribution < -0.4 is 0 Å². The van der Waals surface area contributed by atoms with Gasteiger partial charge >= 0.3 is 5.97 Å². The molecular formula is C19H16ClNO3. The van der Waals surface area contributed by atoms with Gasteiger partial charge in [0.15, 0.2) is 5.78 Å². The Balaban J connectivity index is 1.94. The minimum Gasteiger partial charge on any atom is -0.481 e. The molecule has 0 aliphatic carbocycles. The second-order valence-corrected chi connectivity index (χ2v) is 6.25. The van der Waals surface area contributed by atoms with E-state index in [0.717, 1.165) is 16.5 Å². The number of aliphatic carboxylic acids is 1. The van der Waals surface area contributed by atoms with Gasteiger partial charge < -0.3 is 10.1 Å². The lowest BCUT2D eigenvalue weighted by atomic mass is 9.91. The third-order valence-electron chi connectivity index (χ3n) is 4.10. The van der Waals surface area contributed by atoms with Crippen molar-refractivity contribution in [3.63, 3.8) is 0 Å². The van der Waals surface area contributed by atoms with Crippen molar-refractivity contribution in [2.24, 2.45) is 0 Å². The lowest BCUT2D eigenvalue weighted by molar-refractivity contribution is -0.138. The number of carbonyl (C=O) groups excluding carboxylic acids is 1. The molecule has 0 aliphatic heterocycles. The van der Waals surface area contributed by atoms with E-state index in [9.17, 15) is 14.7 Å². The normalized spacial score (nSPS) is 12.2. The average molecular weight is 342 g/mol. The number of hydrogen-bond acceptors (Lipinski definition) is 2. The first kappa shape index (κ1) is 16.3. The number of carbonyl (C=O) groups is 2. The lowest BCUT2D eigenvalue weighted by Gasteiger charge is -2.11. The molecule has 24 heavy (non-hydrogen) atoms. The fraction of sp³-hybridized carbons (Fsp3) is 0.158. The Bertz CT molecular complexity index is 912. The number of halogens is 1. The smallest absolute Gasteiger partial charge is 0.311 e. The molecule has 122 valence electrons. The highest BCUT2D eigenvalue weighted by Crippen LogP contribution is 2.30. The molecule has 2 N–H and O–H groups in total. The fourth-order valence-electron chi connectivity index (χ4n) is 2.81. The van der Waals surface area contributed by atoms with Gasteiger partial charge in [0, 0.05) is 34.1 Å². The first-order valence-electron chi connectivity index (χ1n) is 7.55. The summed E-state index contributed by atoms with van der Waals surface area (Å²) < 4.78 is 0. The summed E-state index contributed by atoms with van der Waals surface area (Å²) in [5.41, 5.74) is 2.99. The monoisotopic (exact) mass is 341 g/mol. The number of aryl methyl sites for hydroxylation is 1. The Morgan fingerprint density at radius 2 is 1.88 bits per heavy atom. The molecule has 3 rings (SSSR count). The maximum atomic E-state index is 12.5. The van der Waals surface area contributed by atoms with Crippen LogP contribution in [0.4, 0.5) is 0 Å². The van der Waals surface area contributed by atoms with E-state index in [-0.39, 0.29) is 12.2 Å². The van der Waals surface area contributed by atoms with Gasteiger partial charge in [-0.15, -0.1) is 0 Å². The lowest BCUT2D eigenvalue weighted by Crippen LogP contribution is -2.16. The minimum absolute atomic E-state index is 0.0993. The third-order valence-corrected chi connectivity index (χ3v) is 4.35. The number of ketones is 1. The standard InChI is InChI=1S/C19H16ClNO3/c1-11-2-7-17-14(8-11)16(10-21-17)15(19(23)24)9-18(22)12-3-5-13(20)6-4-12/h2-8,10,15,21H,9H2,1H3,(H,23,24). The van der Waals surface area contributed by atoms with Crippen LogP contribution in [0.3, 0.4) is 0 Å². The van der Waals surface area contributed by atoms with Gasteiger partial charge in [0.1, 0.15) is 0 Å². The molecule has 1 unspecified atom stereocenters. The van der Waals surface area contributed by atoms with Crippen LogP contribution in [0.2, 0.25) is 5.02 Å². The summed E-state index contributed by atoms with van der Waals surface area (Å²) in [6.07, 6.45) is 1.58. The molecule has 2 aromatic carbocycles. The number of aromatic nitrogens is 1. The number of aromatic amines is 1. The van der Waals surface area contributed by atoms with Gasteiger partial charge in [0.05, 0.1) is 5.92 Å².